The highest BCUT2D eigenvalue weighted by Crippen LogP contribution is 2.10. The number of para-hydroxylation sites is 1. The lowest BCUT2D eigenvalue weighted by atomic mass is 10.3. The minimum Gasteiger partial charge on any atom is -0.320 e. The second-order valence-electron chi connectivity index (χ2n) is 2.68. The molecule has 0 unspecified atom stereocenters. The van der Waals surface area contributed by atoms with E-state index in [1.165, 1.54) is 4.90 Å². The van der Waals surface area contributed by atoms with Gasteiger partial charge >= 0.3 is 6.61 Å². The predicted molar refractivity (Wildman–Crippen MR) is 73.1 cm³/mol. The van der Waals surface area contributed by atoms with Gasteiger partial charge in [0.15, 0.2) is 5.11 Å². The molecular weight excluding hydrogens is 349 g/mol. The van der Waals surface area contributed by atoms with Crippen LogP contribution in [-0.4, -0.2) is 18.8 Å². The van der Waals surface area contributed by atoms with Gasteiger partial charge in [0.2, 0.25) is 0 Å². The second kappa shape index (κ2) is 7.69. The molecule has 0 saturated heterocycles. The fourth-order valence-corrected chi connectivity index (χ4v) is 1.09. The number of nitrogens with zero attached hydrogens (tertiary/aromatic N) is 1. The average molecular weight is 360 g/mol. The van der Waals surface area contributed by atoms with Crippen molar-refractivity contribution in [3.8, 4) is 0 Å². The van der Waals surface area contributed by atoms with Crippen molar-refractivity contribution >= 4 is 47.0 Å². The van der Waals surface area contributed by atoms with E-state index in [1.807, 2.05) is 23.7 Å². The Hall–Kier alpha value is -0.540. The first-order valence-corrected chi connectivity index (χ1v) is 4.54. The number of alkyl halides is 2. The number of hydrogen-bond acceptors (Lipinski definition) is 2. The van der Waals surface area contributed by atoms with Gasteiger partial charge in [-0.15, -0.1) is 24.0 Å². The molecule has 1 aromatic rings. The summed E-state index contributed by atoms with van der Waals surface area (Å²) in [5.74, 6) is 0. The summed E-state index contributed by atoms with van der Waals surface area (Å²) in [6.07, 6.45) is 0. The predicted octanol–water partition coefficient (Wildman–Crippen LogP) is 2.77. The lowest BCUT2D eigenvalue weighted by Gasteiger charge is -2.20. The number of halogens is 3. The van der Waals surface area contributed by atoms with E-state index >= 15 is 0 Å². The number of hydrogen-bond donors (Lipinski definition) is 1. The highest BCUT2D eigenvalue weighted by molar-refractivity contribution is 14.0. The molecule has 1 aromatic carbocycles. The molecule has 0 saturated carbocycles. The minimum atomic E-state index is -2.90. The topological polar surface area (TPSA) is 24.5 Å². The average Bonchev–Trinajstić information content (AvgIpc) is 2.26. The fourth-order valence-electron chi connectivity index (χ4n) is 0.932. The molecule has 0 aromatic heterocycles. The summed E-state index contributed by atoms with van der Waals surface area (Å²) < 4.78 is 23.4. The van der Waals surface area contributed by atoms with Crippen LogP contribution in [0, 0.1) is 0 Å². The van der Waals surface area contributed by atoms with E-state index in [1.54, 1.807) is 19.2 Å². The first-order valence-electron chi connectivity index (χ1n) is 4.14. The Labute approximate surface area is 115 Å². The van der Waals surface area contributed by atoms with Crippen molar-refractivity contribution in [2.24, 2.45) is 0 Å². The summed E-state index contributed by atoms with van der Waals surface area (Å²) in [5.41, 5.74) is 2.77. The van der Waals surface area contributed by atoms with Gasteiger partial charge in [0.25, 0.3) is 0 Å². The van der Waals surface area contributed by atoms with Crippen LogP contribution in [0.15, 0.2) is 30.3 Å². The lowest BCUT2D eigenvalue weighted by molar-refractivity contribution is -0.154. The third-order valence-corrected chi connectivity index (χ3v) is 2.04. The molecule has 1 rings (SSSR count). The molecule has 0 radical (unpaired) electrons. The van der Waals surface area contributed by atoms with Crippen molar-refractivity contribution in [1.29, 1.82) is 0 Å². The molecule has 7 heteroatoms. The SMILES string of the molecule is CN(C(=S)NOC(F)F)c1ccccc1.I. The fraction of sp³-hybridized carbons (Fsp3) is 0.222. The van der Waals surface area contributed by atoms with Crippen molar-refractivity contribution in [3.63, 3.8) is 0 Å². The maximum atomic E-state index is 11.7. The number of nitrogens with one attached hydrogen (secondary N) is 1. The molecular formula is C9H11F2IN2OS. The Morgan fingerprint density at radius 1 is 1.38 bits per heavy atom. The quantitative estimate of drug-likeness (QED) is 0.509. The van der Waals surface area contributed by atoms with Crippen LogP contribution in [0.2, 0.25) is 0 Å². The number of thiocarbonyl (C=S) groups is 1. The number of anilines is 1. The summed E-state index contributed by atoms with van der Waals surface area (Å²) in [5, 5.41) is 0.0708. The molecule has 1 N–H and O–H groups in total. The van der Waals surface area contributed by atoms with Crippen LogP contribution in [0.3, 0.4) is 0 Å². The van der Waals surface area contributed by atoms with Crippen LogP contribution in [0.1, 0.15) is 0 Å². The lowest BCUT2D eigenvalue weighted by Crippen LogP contribution is -2.37. The van der Waals surface area contributed by atoms with Crippen LogP contribution in [0.25, 0.3) is 0 Å². The zero-order chi connectivity index (χ0) is 11.3. The summed E-state index contributed by atoms with van der Waals surface area (Å²) in [4.78, 5) is 5.41. The second-order valence-corrected chi connectivity index (χ2v) is 3.07. The largest absolute Gasteiger partial charge is 0.364 e. The van der Waals surface area contributed by atoms with Gasteiger partial charge in [-0.2, -0.15) is 8.78 Å². The third-order valence-electron chi connectivity index (χ3n) is 1.68. The Morgan fingerprint density at radius 3 is 2.44 bits per heavy atom. The molecule has 0 heterocycles. The van der Waals surface area contributed by atoms with Crippen molar-refractivity contribution in [1.82, 2.24) is 5.48 Å². The van der Waals surface area contributed by atoms with E-state index in [9.17, 15) is 8.78 Å². The van der Waals surface area contributed by atoms with E-state index in [0.717, 1.165) is 5.69 Å². The molecule has 0 aliphatic heterocycles. The summed E-state index contributed by atoms with van der Waals surface area (Å²) in [7, 11) is 1.65. The van der Waals surface area contributed by atoms with E-state index in [2.05, 4.69) is 4.84 Å². The van der Waals surface area contributed by atoms with E-state index < -0.39 is 6.61 Å². The molecule has 3 nitrogen and oxygen atoms in total. The summed E-state index contributed by atoms with van der Waals surface area (Å²) in [6.45, 7) is -2.90. The molecule has 0 amide bonds. The monoisotopic (exact) mass is 360 g/mol. The van der Waals surface area contributed by atoms with E-state index in [-0.39, 0.29) is 29.1 Å². The molecule has 0 fully saturated rings. The van der Waals surface area contributed by atoms with Crippen LogP contribution in [-0.2, 0) is 4.84 Å². The first-order chi connectivity index (χ1) is 7.11. The number of benzene rings is 1. The molecule has 90 valence electrons. The van der Waals surface area contributed by atoms with Crippen LogP contribution < -0.4 is 10.4 Å². The summed E-state index contributed by atoms with van der Waals surface area (Å²) >= 11 is 4.83. The van der Waals surface area contributed by atoms with Gasteiger partial charge in [-0.25, -0.2) is 10.3 Å². The molecule has 0 bridgehead atoms. The Kier molecular flexibility index (Phi) is 7.43. The van der Waals surface area contributed by atoms with Gasteiger partial charge in [0.1, 0.15) is 0 Å². The smallest absolute Gasteiger partial charge is 0.320 e. The zero-order valence-corrected chi connectivity index (χ0v) is 11.5. The highest BCUT2D eigenvalue weighted by atomic mass is 127. The normalized spacial score (nSPS) is 9.50. The van der Waals surface area contributed by atoms with Crippen molar-refractivity contribution < 1.29 is 13.6 Å². The Balaban J connectivity index is 0.00000225. The van der Waals surface area contributed by atoms with Gasteiger partial charge < -0.3 is 4.90 Å². The number of hydroxylamine groups is 1. The molecule has 16 heavy (non-hydrogen) atoms. The van der Waals surface area contributed by atoms with E-state index in [0.29, 0.717) is 0 Å². The third kappa shape index (κ3) is 4.99. The van der Waals surface area contributed by atoms with Crippen LogP contribution >= 0.6 is 36.2 Å². The Morgan fingerprint density at radius 2 is 1.94 bits per heavy atom. The van der Waals surface area contributed by atoms with Gasteiger partial charge in [0.05, 0.1) is 0 Å². The molecule has 0 atom stereocenters. The van der Waals surface area contributed by atoms with Crippen molar-refractivity contribution in [2.45, 2.75) is 6.61 Å². The minimum absolute atomic E-state index is 0. The van der Waals surface area contributed by atoms with Gasteiger partial charge in [0, 0.05) is 12.7 Å². The van der Waals surface area contributed by atoms with Crippen molar-refractivity contribution in [3.05, 3.63) is 30.3 Å². The standard InChI is InChI=1S/C9H10F2N2OS.HI/c1-13(7-5-3-2-4-6-7)9(15)12-14-8(10)11;/h2-6,8H,1H3,(H,12,15);1H. The maximum absolute atomic E-state index is 11.7. The Bertz CT molecular complexity index is 327. The van der Waals surface area contributed by atoms with Crippen molar-refractivity contribution in [2.75, 3.05) is 11.9 Å². The molecule has 0 aliphatic rings. The van der Waals surface area contributed by atoms with Crippen LogP contribution in [0.5, 0.6) is 0 Å². The van der Waals surface area contributed by atoms with E-state index in [4.69, 9.17) is 12.2 Å². The van der Waals surface area contributed by atoms with Crippen LogP contribution in [0.4, 0.5) is 14.5 Å². The zero-order valence-electron chi connectivity index (χ0n) is 8.39. The molecule has 0 spiro atoms. The number of rotatable bonds is 3. The van der Waals surface area contributed by atoms with Gasteiger partial charge in [-0.05, 0) is 24.4 Å². The van der Waals surface area contributed by atoms with Gasteiger partial charge in [-0.3, -0.25) is 0 Å². The molecule has 0 aliphatic carbocycles. The maximum Gasteiger partial charge on any atom is 0.364 e. The summed E-state index contributed by atoms with van der Waals surface area (Å²) in [6, 6.07) is 9.10. The highest BCUT2D eigenvalue weighted by Gasteiger charge is 2.08. The van der Waals surface area contributed by atoms with Gasteiger partial charge in [-0.1, -0.05) is 18.2 Å². The first kappa shape index (κ1) is 15.5.